The average Bonchev–Trinajstić information content (AvgIpc) is 3.54. The summed E-state index contributed by atoms with van der Waals surface area (Å²) in [7, 11) is 0. The molecule has 0 saturated heterocycles. The maximum Gasteiger partial charge on any atom is 0.342 e. The van der Waals surface area contributed by atoms with Gasteiger partial charge < -0.3 is 9.47 Å². The molecular weight excluding hydrogens is 520 g/mol. The van der Waals surface area contributed by atoms with E-state index >= 15 is 0 Å². The predicted molar refractivity (Wildman–Crippen MR) is 133 cm³/mol. The van der Waals surface area contributed by atoms with Gasteiger partial charge in [0, 0.05) is 24.6 Å². The normalized spacial score (nSPS) is 11.3. The van der Waals surface area contributed by atoms with E-state index in [2.05, 4.69) is 9.98 Å². The molecule has 3 heterocycles. The number of carbonyl (C=O) groups is 2. The molecule has 12 nitrogen and oxygen atoms in total. The van der Waals surface area contributed by atoms with Gasteiger partial charge in [0.15, 0.2) is 0 Å². The monoisotopic (exact) mass is 536 g/mol. The Morgan fingerprint density at radius 2 is 1.20 bits per heavy atom. The molecule has 0 N–H and O–H groups in total. The highest BCUT2D eigenvalue weighted by Gasteiger charge is 2.30. The second kappa shape index (κ2) is 11.5. The highest BCUT2D eigenvalue weighted by atomic mass is 32.1. The van der Waals surface area contributed by atoms with E-state index in [9.17, 15) is 29.8 Å². The molecule has 3 aromatic rings. The minimum absolute atomic E-state index is 0.0364. The van der Waals surface area contributed by atoms with Gasteiger partial charge in [-0.15, -0.1) is 0 Å². The lowest BCUT2D eigenvalue weighted by molar-refractivity contribution is -0.380. The van der Waals surface area contributed by atoms with E-state index in [0.29, 0.717) is 9.75 Å². The summed E-state index contributed by atoms with van der Waals surface area (Å²) in [6, 6.07) is 5.65. The summed E-state index contributed by atoms with van der Waals surface area (Å²) in [5.74, 6) is -1.63. The molecule has 0 aliphatic carbocycles. The lowest BCUT2D eigenvalue weighted by atomic mass is 10.1. The minimum atomic E-state index is -0.815. The summed E-state index contributed by atoms with van der Waals surface area (Å²) in [5.41, 5.74) is -0.302. The molecule has 0 atom stereocenters. The quantitative estimate of drug-likeness (QED) is 0.141. The van der Waals surface area contributed by atoms with Crippen LogP contribution in [0.25, 0.3) is 0 Å². The van der Waals surface area contributed by atoms with Crippen LogP contribution < -0.4 is 0 Å². The van der Waals surface area contributed by atoms with Gasteiger partial charge in [-0.2, -0.15) is 0 Å². The molecule has 3 aromatic heterocycles. The SMILES string of the molecule is CCOC(=O)c1c(N=Cc2ccc([N+](=O)[O-])s2)sc(N=Cc2ccc([N+](=O)[O-])s2)c1C(=O)OCC. The zero-order valence-corrected chi connectivity index (χ0v) is 20.6. The Morgan fingerprint density at radius 1 is 0.800 bits per heavy atom. The van der Waals surface area contributed by atoms with Crippen molar-refractivity contribution in [3.05, 3.63) is 65.4 Å². The molecule has 0 aliphatic heterocycles. The Morgan fingerprint density at radius 3 is 1.51 bits per heavy atom. The van der Waals surface area contributed by atoms with E-state index in [4.69, 9.17) is 9.47 Å². The van der Waals surface area contributed by atoms with Gasteiger partial charge in [-0.1, -0.05) is 34.0 Å². The Hall–Kier alpha value is -3.82. The summed E-state index contributed by atoms with van der Waals surface area (Å²) in [6.45, 7) is 3.28. The van der Waals surface area contributed by atoms with Crippen molar-refractivity contribution >= 4 is 78.4 Å². The second-order valence-corrected chi connectivity index (χ2v) is 9.45. The van der Waals surface area contributed by atoms with Crippen LogP contribution >= 0.6 is 34.0 Å². The van der Waals surface area contributed by atoms with Crippen molar-refractivity contribution in [3.8, 4) is 0 Å². The maximum absolute atomic E-state index is 12.8. The van der Waals surface area contributed by atoms with E-state index in [-0.39, 0.29) is 44.3 Å². The van der Waals surface area contributed by atoms with Crippen LogP contribution in [0.3, 0.4) is 0 Å². The van der Waals surface area contributed by atoms with Crippen molar-refractivity contribution in [1.82, 2.24) is 0 Å². The molecule has 0 aromatic carbocycles. The van der Waals surface area contributed by atoms with Crippen molar-refractivity contribution in [3.63, 3.8) is 0 Å². The van der Waals surface area contributed by atoms with Gasteiger partial charge in [-0.05, 0) is 26.0 Å². The molecule has 35 heavy (non-hydrogen) atoms. The summed E-state index contributed by atoms with van der Waals surface area (Å²) < 4.78 is 10.2. The van der Waals surface area contributed by atoms with Gasteiger partial charge in [-0.25, -0.2) is 19.6 Å². The van der Waals surface area contributed by atoms with E-state index in [1.54, 1.807) is 13.8 Å². The lowest BCUT2D eigenvalue weighted by Gasteiger charge is -2.05. The topological polar surface area (TPSA) is 164 Å². The summed E-state index contributed by atoms with van der Waals surface area (Å²) in [4.78, 5) is 55.7. The van der Waals surface area contributed by atoms with E-state index < -0.39 is 21.8 Å². The first kappa shape index (κ1) is 25.8. The molecule has 15 heteroatoms. The predicted octanol–water partition coefficient (Wildman–Crippen LogP) is 5.54. The van der Waals surface area contributed by atoms with Crippen LogP contribution in [0.1, 0.15) is 44.3 Å². The number of rotatable bonds is 10. The van der Waals surface area contributed by atoms with Crippen molar-refractivity contribution < 1.29 is 28.9 Å². The highest BCUT2D eigenvalue weighted by molar-refractivity contribution is 7.20. The van der Waals surface area contributed by atoms with Crippen molar-refractivity contribution in [2.24, 2.45) is 9.98 Å². The van der Waals surface area contributed by atoms with Crippen LogP contribution in [0.4, 0.5) is 20.0 Å². The number of aliphatic imine (C=N–C) groups is 2. The molecule has 0 spiro atoms. The summed E-state index contributed by atoms with van der Waals surface area (Å²) in [6.07, 6.45) is 2.66. The number of esters is 2. The van der Waals surface area contributed by atoms with Crippen LogP contribution in [0.2, 0.25) is 0 Å². The van der Waals surface area contributed by atoms with Gasteiger partial charge >= 0.3 is 21.9 Å². The first-order valence-electron chi connectivity index (χ1n) is 9.82. The fourth-order valence-electron chi connectivity index (χ4n) is 2.64. The van der Waals surface area contributed by atoms with Gasteiger partial charge in [-0.3, -0.25) is 20.2 Å². The van der Waals surface area contributed by atoms with Crippen LogP contribution in [0, 0.1) is 20.2 Å². The third-order valence-corrected chi connectivity index (χ3v) is 6.98. The number of carbonyl (C=O) groups excluding carboxylic acids is 2. The number of nitro groups is 2. The maximum atomic E-state index is 12.8. The zero-order chi connectivity index (χ0) is 25.5. The van der Waals surface area contributed by atoms with Crippen molar-refractivity contribution in [2.75, 3.05) is 13.2 Å². The number of ether oxygens (including phenoxy) is 2. The molecule has 0 amide bonds. The van der Waals surface area contributed by atoms with E-state index in [1.165, 1.54) is 36.7 Å². The zero-order valence-electron chi connectivity index (χ0n) is 18.2. The molecule has 0 unspecified atom stereocenters. The fraction of sp³-hybridized carbons (Fsp3) is 0.200. The van der Waals surface area contributed by atoms with Gasteiger partial charge in [0.2, 0.25) is 0 Å². The van der Waals surface area contributed by atoms with E-state index in [1.807, 2.05) is 0 Å². The first-order valence-corrected chi connectivity index (χ1v) is 12.3. The van der Waals surface area contributed by atoms with E-state index in [0.717, 1.165) is 34.0 Å². The van der Waals surface area contributed by atoms with Crippen molar-refractivity contribution in [2.45, 2.75) is 13.8 Å². The molecule has 0 fully saturated rings. The number of hydrogen-bond acceptors (Lipinski definition) is 13. The Balaban J connectivity index is 2.09. The Bertz CT molecular complexity index is 1240. The highest BCUT2D eigenvalue weighted by Crippen LogP contribution is 2.43. The number of hydrogen-bond donors (Lipinski definition) is 0. The third kappa shape index (κ3) is 6.20. The Kier molecular flexibility index (Phi) is 8.51. The van der Waals surface area contributed by atoms with Crippen LogP contribution in [0.15, 0.2) is 34.3 Å². The van der Waals surface area contributed by atoms with Gasteiger partial charge in [0.1, 0.15) is 21.1 Å². The molecule has 0 aliphatic rings. The Labute approximate surface area is 209 Å². The average molecular weight is 537 g/mol. The molecular formula is C20H16N4O8S3. The van der Waals surface area contributed by atoms with Gasteiger partial charge in [0.25, 0.3) is 0 Å². The number of thiophene rings is 3. The van der Waals surface area contributed by atoms with Gasteiger partial charge in [0.05, 0.1) is 32.8 Å². The number of nitrogens with zero attached hydrogens (tertiary/aromatic N) is 4. The largest absolute Gasteiger partial charge is 0.462 e. The first-order chi connectivity index (χ1) is 16.7. The lowest BCUT2D eigenvalue weighted by Crippen LogP contribution is -2.12. The molecule has 182 valence electrons. The molecule has 0 saturated carbocycles. The molecule has 3 rings (SSSR count). The third-order valence-electron chi connectivity index (χ3n) is 4.03. The molecule has 0 radical (unpaired) electrons. The van der Waals surface area contributed by atoms with Crippen molar-refractivity contribution in [1.29, 1.82) is 0 Å². The fourth-order valence-corrected chi connectivity index (χ4v) is 4.99. The summed E-state index contributed by atoms with van der Waals surface area (Å²) in [5, 5.41) is 21.9. The van der Waals surface area contributed by atoms with Crippen LogP contribution in [-0.2, 0) is 9.47 Å². The van der Waals surface area contributed by atoms with Crippen LogP contribution in [0.5, 0.6) is 0 Å². The summed E-state index contributed by atoms with van der Waals surface area (Å²) >= 11 is 2.68. The smallest absolute Gasteiger partial charge is 0.342 e. The second-order valence-electron chi connectivity index (χ2n) is 6.29. The van der Waals surface area contributed by atoms with Crippen LogP contribution in [-0.4, -0.2) is 47.4 Å². The minimum Gasteiger partial charge on any atom is -0.462 e. The molecule has 0 bridgehead atoms. The standard InChI is InChI=1S/C20H16N4O8S3/c1-3-31-19(25)15-16(20(26)32-4-2)18(22-10-12-6-8-14(34-12)24(29)30)35-17(15)21-9-11-5-7-13(33-11)23(27)28/h5-10H,3-4H2,1-2H3.